The third kappa shape index (κ3) is 4.13. The molecule has 0 aliphatic carbocycles. The second kappa shape index (κ2) is 8.79. The predicted molar refractivity (Wildman–Crippen MR) is 119 cm³/mol. The van der Waals surface area contributed by atoms with Crippen molar-refractivity contribution in [2.75, 3.05) is 35.3 Å². The van der Waals surface area contributed by atoms with Crippen LogP contribution < -0.4 is 19.9 Å². The number of aryl methyl sites for hydroxylation is 1. The van der Waals surface area contributed by atoms with Crippen LogP contribution in [0.4, 0.5) is 17.1 Å². The van der Waals surface area contributed by atoms with Crippen molar-refractivity contribution >= 4 is 34.8 Å². The molecule has 7 nitrogen and oxygen atoms in total. The Kier molecular flexibility index (Phi) is 5.93. The van der Waals surface area contributed by atoms with Gasteiger partial charge in [0.05, 0.1) is 18.7 Å². The largest absolute Gasteiger partial charge is 0.494 e. The van der Waals surface area contributed by atoms with Gasteiger partial charge in [-0.15, -0.1) is 0 Å². The normalized spacial score (nSPS) is 18.6. The van der Waals surface area contributed by atoms with Crippen molar-refractivity contribution in [3.05, 3.63) is 48.0 Å². The number of amides is 3. The lowest BCUT2D eigenvalue weighted by Crippen LogP contribution is -2.28. The molecule has 0 saturated carbocycles. The number of carbonyl (C=O) groups excluding carboxylic acids is 3. The molecule has 162 valence electrons. The summed E-state index contributed by atoms with van der Waals surface area (Å²) in [7, 11) is 1.55. The summed E-state index contributed by atoms with van der Waals surface area (Å²) in [6.45, 7) is 3.08. The highest BCUT2D eigenvalue weighted by Crippen LogP contribution is 2.34. The van der Waals surface area contributed by atoms with E-state index in [9.17, 15) is 14.4 Å². The number of nitrogens with one attached hydrogen (secondary N) is 1. The highest BCUT2D eigenvalue weighted by atomic mass is 16.5. The van der Waals surface area contributed by atoms with E-state index in [4.69, 9.17) is 4.74 Å². The maximum absolute atomic E-state index is 12.9. The van der Waals surface area contributed by atoms with E-state index in [-0.39, 0.29) is 24.1 Å². The van der Waals surface area contributed by atoms with Gasteiger partial charge in [-0.05, 0) is 36.6 Å². The summed E-state index contributed by atoms with van der Waals surface area (Å²) < 4.78 is 5.46. The Bertz CT molecular complexity index is 1020. The molecule has 2 fully saturated rings. The van der Waals surface area contributed by atoms with Gasteiger partial charge in [0.25, 0.3) is 0 Å². The number of nitrogens with zero attached hydrogens (tertiary/aromatic N) is 2. The minimum Gasteiger partial charge on any atom is -0.494 e. The van der Waals surface area contributed by atoms with Gasteiger partial charge < -0.3 is 19.9 Å². The smallest absolute Gasteiger partial charge is 0.229 e. The fourth-order valence-corrected chi connectivity index (χ4v) is 4.31. The molecular weight excluding hydrogens is 394 g/mol. The lowest BCUT2D eigenvalue weighted by Gasteiger charge is -2.21. The van der Waals surface area contributed by atoms with Gasteiger partial charge in [0, 0.05) is 43.4 Å². The summed E-state index contributed by atoms with van der Waals surface area (Å²) in [6, 6.07) is 13.1. The molecule has 0 radical (unpaired) electrons. The van der Waals surface area contributed by atoms with Gasteiger partial charge >= 0.3 is 0 Å². The lowest BCUT2D eigenvalue weighted by atomic mass is 10.1. The van der Waals surface area contributed by atoms with Gasteiger partial charge in [0.1, 0.15) is 5.75 Å². The molecule has 7 heteroatoms. The Morgan fingerprint density at radius 1 is 1.10 bits per heavy atom. The van der Waals surface area contributed by atoms with Crippen LogP contribution in [-0.2, 0) is 20.8 Å². The fraction of sp³-hybridized carbons (Fsp3) is 0.375. The Morgan fingerprint density at radius 2 is 1.90 bits per heavy atom. The number of anilines is 3. The Labute approximate surface area is 182 Å². The van der Waals surface area contributed by atoms with Crippen molar-refractivity contribution in [3.8, 4) is 5.75 Å². The van der Waals surface area contributed by atoms with Crippen molar-refractivity contribution < 1.29 is 19.1 Å². The molecule has 3 amide bonds. The first-order valence-electron chi connectivity index (χ1n) is 10.7. The minimum absolute atomic E-state index is 0.0403. The van der Waals surface area contributed by atoms with Crippen molar-refractivity contribution in [1.82, 2.24) is 0 Å². The molecule has 2 saturated heterocycles. The van der Waals surface area contributed by atoms with Crippen LogP contribution >= 0.6 is 0 Å². The van der Waals surface area contributed by atoms with E-state index >= 15 is 0 Å². The van der Waals surface area contributed by atoms with Crippen LogP contribution in [0.25, 0.3) is 0 Å². The first-order valence-corrected chi connectivity index (χ1v) is 10.7. The molecule has 2 aromatic rings. The predicted octanol–water partition coefficient (Wildman–Crippen LogP) is 3.38. The highest BCUT2D eigenvalue weighted by molar-refractivity contribution is 6.04. The number of carbonyl (C=O) groups is 3. The van der Waals surface area contributed by atoms with Gasteiger partial charge in [0.2, 0.25) is 17.7 Å². The van der Waals surface area contributed by atoms with Crippen LogP contribution in [0.5, 0.6) is 5.75 Å². The molecule has 31 heavy (non-hydrogen) atoms. The third-order valence-electron chi connectivity index (χ3n) is 5.97. The highest BCUT2D eigenvalue weighted by Gasteiger charge is 2.36. The van der Waals surface area contributed by atoms with Gasteiger partial charge in [-0.3, -0.25) is 14.4 Å². The summed E-state index contributed by atoms with van der Waals surface area (Å²) in [5.41, 5.74) is 3.26. The molecule has 1 atom stereocenters. The van der Waals surface area contributed by atoms with Gasteiger partial charge in [-0.25, -0.2) is 0 Å². The van der Waals surface area contributed by atoms with Gasteiger partial charge in [-0.2, -0.15) is 0 Å². The molecule has 1 N–H and O–H groups in total. The number of para-hydroxylation sites is 1. The van der Waals surface area contributed by atoms with E-state index in [0.717, 1.165) is 24.1 Å². The second-order valence-electron chi connectivity index (χ2n) is 7.91. The average molecular weight is 421 g/mol. The maximum atomic E-state index is 12.9. The third-order valence-corrected chi connectivity index (χ3v) is 5.97. The Balaban J connectivity index is 1.47. The van der Waals surface area contributed by atoms with Crippen molar-refractivity contribution in [2.24, 2.45) is 5.92 Å². The van der Waals surface area contributed by atoms with E-state index < -0.39 is 5.92 Å². The van der Waals surface area contributed by atoms with Crippen LogP contribution in [0.3, 0.4) is 0 Å². The summed E-state index contributed by atoms with van der Waals surface area (Å²) in [6.07, 6.45) is 2.37. The van der Waals surface area contributed by atoms with Crippen LogP contribution in [0, 0.1) is 5.92 Å². The zero-order valence-corrected chi connectivity index (χ0v) is 17.9. The van der Waals surface area contributed by atoms with E-state index in [0.29, 0.717) is 36.6 Å². The van der Waals surface area contributed by atoms with E-state index in [1.807, 2.05) is 24.3 Å². The number of benzene rings is 2. The molecule has 0 bridgehead atoms. The van der Waals surface area contributed by atoms with E-state index in [2.05, 4.69) is 12.2 Å². The average Bonchev–Trinajstić information content (AvgIpc) is 3.39. The molecule has 4 rings (SSSR count). The lowest BCUT2D eigenvalue weighted by molar-refractivity contribution is -0.122. The quantitative estimate of drug-likeness (QED) is 0.776. The first-order chi connectivity index (χ1) is 15.0. The molecular formula is C24H27N3O4. The Hall–Kier alpha value is -3.35. The zero-order valence-electron chi connectivity index (χ0n) is 17.9. The van der Waals surface area contributed by atoms with Gasteiger partial charge in [-0.1, -0.05) is 25.1 Å². The number of ether oxygens (including phenoxy) is 1. The topological polar surface area (TPSA) is 79.0 Å². The molecule has 2 heterocycles. The second-order valence-corrected chi connectivity index (χ2v) is 7.91. The molecule has 2 aliphatic rings. The molecule has 2 aliphatic heterocycles. The van der Waals surface area contributed by atoms with Crippen LogP contribution in [0.1, 0.15) is 31.7 Å². The number of hydrogen-bond acceptors (Lipinski definition) is 4. The first kappa shape index (κ1) is 20.9. The maximum Gasteiger partial charge on any atom is 0.229 e. The zero-order chi connectivity index (χ0) is 22.0. The minimum atomic E-state index is -0.428. The SMILES string of the molecule is CCc1ccccc1N1C[C@H](C(=O)Nc2ccc(N3CCCC3=O)c(OC)c2)CC1=O. The fourth-order valence-electron chi connectivity index (χ4n) is 4.31. The standard InChI is InChI=1S/C24H27N3O4/c1-3-16-7-4-5-8-19(16)27-15-17(13-23(27)29)24(30)25-18-10-11-20(21(14-18)31-2)26-12-6-9-22(26)28/h4-5,7-8,10-11,14,17H,3,6,9,12-13,15H2,1-2H3,(H,25,30)/t17-/m1/s1. The van der Waals surface area contributed by atoms with Crippen molar-refractivity contribution in [1.29, 1.82) is 0 Å². The summed E-state index contributed by atoms with van der Waals surface area (Å²) in [5, 5.41) is 2.91. The summed E-state index contributed by atoms with van der Waals surface area (Å²) in [5.74, 6) is -0.0531. The van der Waals surface area contributed by atoms with Crippen LogP contribution in [0.15, 0.2) is 42.5 Å². The number of rotatable bonds is 6. The van der Waals surface area contributed by atoms with Gasteiger partial charge in [0.15, 0.2) is 0 Å². The summed E-state index contributed by atoms with van der Waals surface area (Å²) >= 11 is 0. The molecule has 0 spiro atoms. The van der Waals surface area contributed by atoms with E-state index in [1.54, 1.807) is 35.1 Å². The van der Waals surface area contributed by atoms with Crippen LogP contribution in [-0.4, -0.2) is 37.9 Å². The van der Waals surface area contributed by atoms with Crippen molar-refractivity contribution in [2.45, 2.75) is 32.6 Å². The summed E-state index contributed by atoms with van der Waals surface area (Å²) in [4.78, 5) is 41.0. The molecule has 0 aromatic heterocycles. The molecule has 2 aromatic carbocycles. The molecule has 0 unspecified atom stereocenters. The van der Waals surface area contributed by atoms with Crippen LogP contribution in [0.2, 0.25) is 0 Å². The number of hydrogen-bond donors (Lipinski definition) is 1. The monoisotopic (exact) mass is 421 g/mol. The number of methoxy groups -OCH3 is 1. The van der Waals surface area contributed by atoms with E-state index in [1.165, 1.54) is 0 Å². The Morgan fingerprint density at radius 3 is 2.61 bits per heavy atom. The van der Waals surface area contributed by atoms with Crippen molar-refractivity contribution in [3.63, 3.8) is 0 Å².